The zero-order valence-corrected chi connectivity index (χ0v) is 13.1. The van der Waals surface area contributed by atoms with E-state index in [0.717, 1.165) is 0 Å². The number of aliphatic hydroxyl groups excluding tert-OH is 1. The van der Waals surface area contributed by atoms with E-state index in [1.807, 2.05) is 0 Å². The molecule has 0 heterocycles. The standard InChI is InChI=1S/C15H20N2O6/c1-11(18)10-16(8-7-15(20)23-2)14(19)9-12-5-3-4-6-13(12)17(21)22/h3-6,11,18H,7-10H2,1-2H3. The molecule has 1 unspecified atom stereocenters. The Morgan fingerprint density at radius 3 is 2.61 bits per heavy atom. The number of hydrogen-bond acceptors (Lipinski definition) is 6. The molecule has 0 spiro atoms. The number of aliphatic hydroxyl groups is 1. The molecule has 0 aliphatic rings. The maximum absolute atomic E-state index is 12.4. The number of esters is 1. The summed E-state index contributed by atoms with van der Waals surface area (Å²) in [5.74, 6) is -0.872. The van der Waals surface area contributed by atoms with Gasteiger partial charge in [0, 0.05) is 24.7 Å². The molecule has 0 fully saturated rings. The van der Waals surface area contributed by atoms with Crippen molar-refractivity contribution < 1.29 is 24.4 Å². The van der Waals surface area contributed by atoms with Gasteiger partial charge in [-0.2, -0.15) is 0 Å². The minimum absolute atomic E-state index is 0.00809. The zero-order valence-electron chi connectivity index (χ0n) is 13.1. The lowest BCUT2D eigenvalue weighted by Crippen LogP contribution is -2.39. The lowest BCUT2D eigenvalue weighted by molar-refractivity contribution is -0.385. The van der Waals surface area contributed by atoms with Crippen molar-refractivity contribution in [3.05, 3.63) is 39.9 Å². The van der Waals surface area contributed by atoms with Gasteiger partial charge in [0.05, 0.1) is 31.0 Å². The lowest BCUT2D eigenvalue weighted by atomic mass is 10.1. The van der Waals surface area contributed by atoms with E-state index in [1.165, 1.54) is 37.1 Å². The molecule has 23 heavy (non-hydrogen) atoms. The van der Waals surface area contributed by atoms with Gasteiger partial charge in [0.15, 0.2) is 0 Å². The average Bonchev–Trinajstić information content (AvgIpc) is 2.50. The van der Waals surface area contributed by atoms with E-state index in [1.54, 1.807) is 6.07 Å². The molecule has 1 aromatic rings. The third kappa shape index (κ3) is 6.03. The normalized spacial score (nSPS) is 11.6. The number of nitro groups is 1. The Kier molecular flexibility index (Phi) is 7.14. The molecule has 0 radical (unpaired) electrons. The van der Waals surface area contributed by atoms with Gasteiger partial charge in [-0.1, -0.05) is 18.2 Å². The molecule has 1 amide bonds. The first-order chi connectivity index (χ1) is 10.8. The number of nitro benzene ring substituents is 1. The second-order valence-electron chi connectivity index (χ2n) is 5.08. The summed E-state index contributed by atoms with van der Waals surface area (Å²) in [5, 5.41) is 20.5. The number of nitrogens with zero attached hydrogens (tertiary/aromatic N) is 2. The smallest absolute Gasteiger partial charge is 0.307 e. The summed E-state index contributed by atoms with van der Waals surface area (Å²) >= 11 is 0. The van der Waals surface area contributed by atoms with E-state index in [2.05, 4.69) is 4.74 Å². The van der Waals surface area contributed by atoms with Crippen molar-refractivity contribution >= 4 is 17.6 Å². The monoisotopic (exact) mass is 324 g/mol. The predicted octanol–water partition coefficient (Wildman–Crippen LogP) is 0.910. The number of carbonyl (C=O) groups excluding carboxylic acids is 2. The van der Waals surface area contributed by atoms with Crippen LogP contribution in [0.3, 0.4) is 0 Å². The minimum Gasteiger partial charge on any atom is -0.469 e. The number of benzene rings is 1. The van der Waals surface area contributed by atoms with E-state index < -0.39 is 22.9 Å². The third-order valence-corrected chi connectivity index (χ3v) is 3.18. The number of rotatable bonds is 8. The summed E-state index contributed by atoms with van der Waals surface area (Å²) in [6.07, 6.45) is -0.959. The van der Waals surface area contributed by atoms with Crippen molar-refractivity contribution in [1.29, 1.82) is 0 Å². The molecule has 0 saturated heterocycles. The zero-order chi connectivity index (χ0) is 17.4. The molecule has 1 rings (SSSR count). The number of hydrogen-bond donors (Lipinski definition) is 1. The molecule has 0 aliphatic heterocycles. The van der Waals surface area contributed by atoms with E-state index in [-0.39, 0.29) is 37.2 Å². The largest absolute Gasteiger partial charge is 0.469 e. The summed E-state index contributed by atoms with van der Waals surface area (Å²) in [7, 11) is 1.25. The SMILES string of the molecule is COC(=O)CCN(CC(C)O)C(=O)Cc1ccccc1[N+](=O)[O-]. The number of carbonyl (C=O) groups is 2. The average molecular weight is 324 g/mol. The van der Waals surface area contributed by atoms with E-state index >= 15 is 0 Å². The molecule has 126 valence electrons. The minimum atomic E-state index is -0.776. The summed E-state index contributed by atoms with van der Waals surface area (Å²) in [6.45, 7) is 1.64. The van der Waals surface area contributed by atoms with Gasteiger partial charge in [-0.05, 0) is 6.92 Å². The Morgan fingerprint density at radius 1 is 1.39 bits per heavy atom. The Morgan fingerprint density at radius 2 is 2.04 bits per heavy atom. The van der Waals surface area contributed by atoms with Crippen LogP contribution in [-0.2, 0) is 20.7 Å². The number of para-hydroxylation sites is 1. The highest BCUT2D eigenvalue weighted by Gasteiger charge is 2.21. The van der Waals surface area contributed by atoms with Gasteiger partial charge in [0.2, 0.25) is 5.91 Å². The first kappa shape index (κ1) is 18.6. The third-order valence-electron chi connectivity index (χ3n) is 3.18. The van der Waals surface area contributed by atoms with E-state index in [9.17, 15) is 24.8 Å². The highest BCUT2D eigenvalue weighted by molar-refractivity contribution is 5.80. The molecule has 8 heteroatoms. The van der Waals surface area contributed by atoms with E-state index in [4.69, 9.17) is 0 Å². The molecule has 1 N–H and O–H groups in total. The van der Waals surface area contributed by atoms with Crippen LogP contribution >= 0.6 is 0 Å². The van der Waals surface area contributed by atoms with Gasteiger partial charge >= 0.3 is 5.97 Å². The fourth-order valence-corrected chi connectivity index (χ4v) is 2.08. The topological polar surface area (TPSA) is 110 Å². The van der Waals surface area contributed by atoms with Crippen LogP contribution in [0.4, 0.5) is 5.69 Å². The highest BCUT2D eigenvalue weighted by atomic mass is 16.6. The first-order valence-electron chi connectivity index (χ1n) is 7.10. The van der Waals surface area contributed by atoms with Crippen molar-refractivity contribution in [2.75, 3.05) is 20.2 Å². The van der Waals surface area contributed by atoms with Crippen LogP contribution in [0.15, 0.2) is 24.3 Å². The van der Waals surface area contributed by atoms with Crippen LogP contribution in [0, 0.1) is 10.1 Å². The highest BCUT2D eigenvalue weighted by Crippen LogP contribution is 2.19. The van der Waals surface area contributed by atoms with Gasteiger partial charge in [-0.3, -0.25) is 19.7 Å². The van der Waals surface area contributed by atoms with Crippen molar-refractivity contribution in [1.82, 2.24) is 4.90 Å². The van der Waals surface area contributed by atoms with Crippen molar-refractivity contribution in [3.63, 3.8) is 0 Å². The molecule has 0 saturated carbocycles. The second kappa shape index (κ2) is 8.84. The molecule has 0 bridgehead atoms. The fraction of sp³-hybridized carbons (Fsp3) is 0.467. The van der Waals surface area contributed by atoms with Crippen LogP contribution in [0.2, 0.25) is 0 Å². The van der Waals surface area contributed by atoms with Gasteiger partial charge in [-0.25, -0.2) is 0 Å². The number of amides is 1. The Hall–Kier alpha value is -2.48. The van der Waals surface area contributed by atoms with Gasteiger partial charge in [-0.15, -0.1) is 0 Å². The lowest BCUT2D eigenvalue weighted by Gasteiger charge is -2.23. The van der Waals surface area contributed by atoms with Crippen LogP contribution in [0.5, 0.6) is 0 Å². The van der Waals surface area contributed by atoms with Crippen molar-refractivity contribution in [3.8, 4) is 0 Å². The van der Waals surface area contributed by atoms with Gasteiger partial charge in [0.1, 0.15) is 0 Å². The Labute approximate surface area is 133 Å². The Bertz CT molecular complexity index is 573. The molecule has 1 aromatic carbocycles. The van der Waals surface area contributed by atoms with E-state index in [0.29, 0.717) is 0 Å². The number of ether oxygens (including phenoxy) is 1. The summed E-state index contributed by atoms with van der Waals surface area (Å²) in [5.41, 5.74) is 0.155. The molecule has 0 aromatic heterocycles. The quantitative estimate of drug-likeness (QED) is 0.432. The van der Waals surface area contributed by atoms with Crippen molar-refractivity contribution in [2.45, 2.75) is 25.9 Å². The van der Waals surface area contributed by atoms with Crippen LogP contribution in [-0.4, -0.2) is 53.1 Å². The predicted molar refractivity (Wildman–Crippen MR) is 81.7 cm³/mol. The number of methoxy groups -OCH3 is 1. The fourth-order valence-electron chi connectivity index (χ4n) is 2.08. The van der Waals surface area contributed by atoms with Gasteiger partial charge in [0.25, 0.3) is 5.69 Å². The summed E-state index contributed by atoms with van der Waals surface area (Å²) in [6, 6.07) is 5.98. The molecular formula is C15H20N2O6. The van der Waals surface area contributed by atoms with Gasteiger partial charge < -0.3 is 14.7 Å². The summed E-state index contributed by atoms with van der Waals surface area (Å²) < 4.78 is 4.53. The first-order valence-corrected chi connectivity index (χ1v) is 7.10. The maximum Gasteiger partial charge on any atom is 0.307 e. The maximum atomic E-state index is 12.4. The van der Waals surface area contributed by atoms with Crippen LogP contribution < -0.4 is 0 Å². The second-order valence-corrected chi connectivity index (χ2v) is 5.08. The summed E-state index contributed by atoms with van der Waals surface area (Å²) in [4.78, 5) is 35.3. The molecule has 0 aliphatic carbocycles. The molecular weight excluding hydrogens is 304 g/mol. The Balaban J connectivity index is 2.84. The van der Waals surface area contributed by atoms with Crippen molar-refractivity contribution in [2.24, 2.45) is 0 Å². The molecule has 1 atom stereocenters. The van der Waals surface area contributed by atoms with Crippen LogP contribution in [0.25, 0.3) is 0 Å². The van der Waals surface area contributed by atoms with Crippen LogP contribution in [0.1, 0.15) is 18.9 Å². The molecule has 8 nitrogen and oxygen atoms in total.